The molecule has 0 aliphatic heterocycles. The van der Waals surface area contributed by atoms with Crippen LogP contribution < -0.4 is 0 Å². The maximum Gasteiger partial charge on any atom is 0.305 e. The van der Waals surface area contributed by atoms with Crippen LogP contribution in [0.3, 0.4) is 0 Å². The summed E-state index contributed by atoms with van der Waals surface area (Å²) in [7, 11) is 1.31. The van der Waals surface area contributed by atoms with Gasteiger partial charge in [0.25, 0.3) is 0 Å². The summed E-state index contributed by atoms with van der Waals surface area (Å²) in [4.78, 5) is 29.1. The van der Waals surface area contributed by atoms with Crippen molar-refractivity contribution in [2.24, 2.45) is 10.8 Å². The number of ketones is 1. The van der Waals surface area contributed by atoms with Crippen LogP contribution in [0.15, 0.2) is 23.3 Å². The van der Waals surface area contributed by atoms with Gasteiger partial charge in [-0.05, 0) is 29.4 Å². The highest BCUT2D eigenvalue weighted by atomic mass is 17.1. The van der Waals surface area contributed by atoms with Gasteiger partial charge in [0.15, 0.2) is 5.78 Å². The molecule has 0 aromatic rings. The normalized spacial score (nSPS) is 18.3. The highest BCUT2D eigenvalue weighted by Gasteiger charge is 2.42. The number of hydrogen-bond acceptors (Lipinski definition) is 5. The van der Waals surface area contributed by atoms with Gasteiger partial charge in [-0.15, -0.1) is 0 Å². The Balaban J connectivity index is 3.39. The first kappa shape index (κ1) is 19.6. The van der Waals surface area contributed by atoms with Crippen molar-refractivity contribution < 1.29 is 24.5 Å². The van der Waals surface area contributed by atoms with Gasteiger partial charge in [0, 0.05) is 17.6 Å². The average molecular weight is 324 g/mol. The van der Waals surface area contributed by atoms with Crippen molar-refractivity contribution >= 4 is 11.8 Å². The molecule has 0 aromatic heterocycles. The number of allylic oxidation sites excluding steroid dienone is 2. The molecule has 1 N–H and O–H groups in total. The molecule has 1 aliphatic rings. The molecule has 0 saturated heterocycles. The first-order valence-electron chi connectivity index (χ1n) is 7.77. The van der Waals surface area contributed by atoms with Crippen LogP contribution in [0, 0.1) is 10.8 Å². The Hall–Kier alpha value is -1.46. The fourth-order valence-corrected chi connectivity index (χ4v) is 2.56. The number of carbonyl (C=O) groups excluding carboxylic acids is 2. The smallest absolute Gasteiger partial charge is 0.305 e. The molecule has 23 heavy (non-hydrogen) atoms. The summed E-state index contributed by atoms with van der Waals surface area (Å²) in [5.41, 5.74) is -0.867. The maximum atomic E-state index is 12.9. The van der Waals surface area contributed by atoms with E-state index in [-0.39, 0.29) is 18.6 Å². The largest absolute Gasteiger partial charge is 0.469 e. The molecule has 0 fully saturated rings. The van der Waals surface area contributed by atoms with Crippen molar-refractivity contribution in [3.05, 3.63) is 23.3 Å². The van der Waals surface area contributed by atoms with E-state index in [1.54, 1.807) is 12.2 Å². The molecule has 0 amide bonds. The van der Waals surface area contributed by atoms with Crippen LogP contribution in [0.2, 0.25) is 0 Å². The zero-order valence-corrected chi connectivity index (χ0v) is 15.1. The predicted octanol–water partition coefficient (Wildman–Crippen LogP) is 3.70. The van der Waals surface area contributed by atoms with Crippen LogP contribution in [-0.2, 0) is 19.2 Å². The summed E-state index contributed by atoms with van der Waals surface area (Å²) in [5, 5.41) is 9.53. The number of esters is 1. The first-order chi connectivity index (χ1) is 10.4. The lowest BCUT2D eigenvalue weighted by molar-refractivity contribution is -0.295. The molecule has 1 rings (SSSR count). The standard InChI is InChI=1S/C18H28O5/c1-16(2,3)12-10-18(23-21,9-8-14(19)22-7)11-13(15(12)20)17(4,5)6/h10-11,21H,8-9H2,1-7H3. The van der Waals surface area contributed by atoms with Crippen LogP contribution in [-0.4, -0.2) is 29.7 Å². The highest BCUT2D eigenvalue weighted by molar-refractivity contribution is 6.11. The molecule has 0 aromatic carbocycles. The van der Waals surface area contributed by atoms with E-state index in [1.807, 2.05) is 41.5 Å². The molecule has 0 bridgehead atoms. The Labute approximate surface area is 138 Å². The lowest BCUT2D eigenvalue weighted by Gasteiger charge is -2.37. The van der Waals surface area contributed by atoms with E-state index < -0.39 is 22.4 Å². The monoisotopic (exact) mass is 324 g/mol. The quantitative estimate of drug-likeness (QED) is 0.485. The summed E-state index contributed by atoms with van der Waals surface area (Å²) in [5.74, 6) is -0.439. The molecule has 1 aliphatic carbocycles. The molecule has 5 nitrogen and oxygen atoms in total. The van der Waals surface area contributed by atoms with E-state index in [1.165, 1.54) is 7.11 Å². The number of rotatable bonds is 4. The number of methoxy groups -OCH3 is 1. The Morgan fingerprint density at radius 2 is 1.52 bits per heavy atom. The third-order valence-corrected chi connectivity index (χ3v) is 4.00. The molecule has 130 valence electrons. The van der Waals surface area contributed by atoms with E-state index >= 15 is 0 Å². The van der Waals surface area contributed by atoms with Gasteiger partial charge in [-0.2, -0.15) is 0 Å². The van der Waals surface area contributed by atoms with Crippen LogP contribution in [0.1, 0.15) is 54.4 Å². The van der Waals surface area contributed by atoms with Gasteiger partial charge in [0.2, 0.25) is 0 Å². The molecular weight excluding hydrogens is 296 g/mol. The topological polar surface area (TPSA) is 72.8 Å². The van der Waals surface area contributed by atoms with Crippen molar-refractivity contribution in [1.82, 2.24) is 0 Å². The Morgan fingerprint density at radius 1 is 1.09 bits per heavy atom. The molecule has 0 atom stereocenters. The van der Waals surface area contributed by atoms with Crippen LogP contribution in [0.4, 0.5) is 0 Å². The Bertz CT molecular complexity index is 507. The van der Waals surface area contributed by atoms with Gasteiger partial charge in [-0.1, -0.05) is 41.5 Å². The summed E-state index contributed by atoms with van der Waals surface area (Å²) in [6.45, 7) is 11.6. The minimum Gasteiger partial charge on any atom is -0.469 e. The highest BCUT2D eigenvalue weighted by Crippen LogP contribution is 2.42. The van der Waals surface area contributed by atoms with Gasteiger partial charge in [0.05, 0.1) is 7.11 Å². The van der Waals surface area contributed by atoms with Crippen molar-refractivity contribution in [1.29, 1.82) is 0 Å². The zero-order valence-electron chi connectivity index (χ0n) is 15.1. The van der Waals surface area contributed by atoms with E-state index in [2.05, 4.69) is 4.74 Å². The number of carbonyl (C=O) groups is 2. The third kappa shape index (κ3) is 4.52. The van der Waals surface area contributed by atoms with Gasteiger partial charge >= 0.3 is 5.97 Å². The number of ether oxygens (including phenoxy) is 1. The Kier molecular flexibility index (Phi) is 5.60. The molecule has 0 saturated carbocycles. The van der Waals surface area contributed by atoms with Gasteiger partial charge < -0.3 is 4.74 Å². The van der Waals surface area contributed by atoms with Crippen LogP contribution >= 0.6 is 0 Å². The van der Waals surface area contributed by atoms with Crippen LogP contribution in [0.5, 0.6) is 0 Å². The number of hydrogen-bond donors (Lipinski definition) is 1. The van der Waals surface area contributed by atoms with E-state index in [0.29, 0.717) is 11.1 Å². The Morgan fingerprint density at radius 3 is 1.83 bits per heavy atom. The van der Waals surface area contributed by atoms with Crippen LogP contribution in [0.25, 0.3) is 0 Å². The third-order valence-electron chi connectivity index (χ3n) is 4.00. The van der Waals surface area contributed by atoms with Crippen molar-refractivity contribution in [2.75, 3.05) is 7.11 Å². The summed E-state index contributed by atoms with van der Waals surface area (Å²) in [6.07, 6.45) is 3.54. The van der Waals surface area contributed by atoms with Crippen molar-refractivity contribution in [2.45, 2.75) is 60.0 Å². The van der Waals surface area contributed by atoms with Crippen molar-refractivity contribution in [3.8, 4) is 0 Å². The fourth-order valence-electron chi connectivity index (χ4n) is 2.56. The minimum atomic E-state index is -1.20. The second-order valence-corrected chi connectivity index (χ2v) is 8.07. The molecular formula is C18H28O5. The second kappa shape index (κ2) is 6.57. The van der Waals surface area contributed by atoms with Gasteiger partial charge in [0.1, 0.15) is 5.60 Å². The van der Waals surface area contributed by atoms with Gasteiger partial charge in [-0.3, -0.25) is 14.8 Å². The molecule has 0 radical (unpaired) electrons. The van der Waals surface area contributed by atoms with E-state index in [4.69, 9.17) is 4.89 Å². The average Bonchev–Trinajstić information content (AvgIpc) is 2.43. The molecule has 0 spiro atoms. The molecule has 0 heterocycles. The van der Waals surface area contributed by atoms with Gasteiger partial charge in [-0.25, -0.2) is 4.89 Å². The zero-order chi connectivity index (χ0) is 18.1. The van der Waals surface area contributed by atoms with E-state index in [9.17, 15) is 14.8 Å². The lowest BCUT2D eigenvalue weighted by atomic mass is 9.69. The summed E-state index contributed by atoms with van der Waals surface area (Å²) >= 11 is 0. The maximum absolute atomic E-state index is 12.9. The minimum absolute atomic E-state index is 0.0456. The lowest BCUT2D eigenvalue weighted by Crippen LogP contribution is -2.38. The molecule has 5 heteroatoms. The summed E-state index contributed by atoms with van der Waals surface area (Å²) in [6, 6.07) is 0. The fraction of sp³-hybridized carbons (Fsp3) is 0.667. The molecule has 0 unspecified atom stereocenters. The SMILES string of the molecule is COC(=O)CCC1(OO)C=C(C(C)(C)C)C(=O)C(C(C)(C)C)=C1. The first-order valence-corrected chi connectivity index (χ1v) is 7.77. The predicted molar refractivity (Wildman–Crippen MR) is 87.8 cm³/mol. The van der Waals surface area contributed by atoms with E-state index in [0.717, 1.165) is 0 Å². The second-order valence-electron chi connectivity index (χ2n) is 8.07. The summed E-state index contributed by atoms with van der Waals surface area (Å²) < 4.78 is 4.66. The number of Topliss-reactive ketones (excluding diaryl/α,β-unsaturated/α-hetero) is 1. The van der Waals surface area contributed by atoms with Crippen molar-refractivity contribution in [3.63, 3.8) is 0 Å².